The molecule has 1 amide bonds. The normalized spacial score (nSPS) is 38.6. The quantitative estimate of drug-likeness (QED) is 0.813. The Balaban J connectivity index is 1.91. The second kappa shape index (κ2) is 6.90. The lowest BCUT2D eigenvalue weighted by Gasteiger charge is -2.40. The summed E-state index contributed by atoms with van der Waals surface area (Å²) in [6.07, 6.45) is 10.5. The molecule has 0 aliphatic heterocycles. The Labute approximate surface area is 122 Å². The van der Waals surface area contributed by atoms with Gasteiger partial charge in [0.25, 0.3) is 0 Å². The van der Waals surface area contributed by atoms with Crippen molar-refractivity contribution in [3.05, 3.63) is 0 Å². The number of rotatable bonds is 5. The SMILES string of the molecule is CCC1CCCC(OC2CCCC(NC)(C(N)=O)C2)C1. The van der Waals surface area contributed by atoms with Crippen LogP contribution in [-0.4, -0.2) is 30.7 Å². The van der Waals surface area contributed by atoms with E-state index in [-0.39, 0.29) is 12.0 Å². The molecule has 0 bridgehead atoms. The number of hydrogen-bond acceptors (Lipinski definition) is 3. The zero-order valence-corrected chi connectivity index (χ0v) is 13.0. The van der Waals surface area contributed by atoms with Crippen molar-refractivity contribution in [3.8, 4) is 0 Å². The van der Waals surface area contributed by atoms with Gasteiger partial charge in [0.05, 0.1) is 17.7 Å². The van der Waals surface area contributed by atoms with E-state index in [0.29, 0.717) is 6.10 Å². The molecule has 0 aromatic rings. The monoisotopic (exact) mass is 282 g/mol. The Morgan fingerprint density at radius 2 is 2.05 bits per heavy atom. The summed E-state index contributed by atoms with van der Waals surface area (Å²) in [6.45, 7) is 2.27. The maximum Gasteiger partial charge on any atom is 0.237 e. The van der Waals surface area contributed by atoms with Gasteiger partial charge in [-0.2, -0.15) is 0 Å². The number of hydrogen-bond donors (Lipinski definition) is 2. The Hall–Kier alpha value is -0.610. The minimum absolute atomic E-state index is 0.185. The lowest BCUT2D eigenvalue weighted by atomic mass is 9.79. The number of likely N-dealkylation sites (N-methyl/N-ethyl adjacent to an activating group) is 1. The molecule has 4 heteroatoms. The zero-order valence-electron chi connectivity index (χ0n) is 13.0. The van der Waals surface area contributed by atoms with Crippen LogP contribution in [0.25, 0.3) is 0 Å². The molecule has 0 heterocycles. The third kappa shape index (κ3) is 3.53. The first-order chi connectivity index (χ1) is 9.59. The van der Waals surface area contributed by atoms with Gasteiger partial charge in [0.15, 0.2) is 0 Å². The molecular weight excluding hydrogens is 252 g/mol. The molecule has 2 saturated carbocycles. The van der Waals surface area contributed by atoms with Crippen molar-refractivity contribution in [2.24, 2.45) is 11.7 Å². The average Bonchev–Trinajstić information content (AvgIpc) is 2.47. The molecule has 116 valence electrons. The first-order valence-corrected chi connectivity index (χ1v) is 8.24. The van der Waals surface area contributed by atoms with Crippen molar-refractivity contribution in [3.63, 3.8) is 0 Å². The topological polar surface area (TPSA) is 64.3 Å². The molecule has 4 atom stereocenters. The maximum atomic E-state index is 11.7. The van der Waals surface area contributed by atoms with E-state index in [9.17, 15) is 4.79 Å². The minimum atomic E-state index is -0.554. The van der Waals surface area contributed by atoms with Gasteiger partial charge in [-0.1, -0.05) is 26.2 Å². The van der Waals surface area contributed by atoms with E-state index in [4.69, 9.17) is 10.5 Å². The molecule has 20 heavy (non-hydrogen) atoms. The largest absolute Gasteiger partial charge is 0.375 e. The molecule has 0 saturated heterocycles. The average molecular weight is 282 g/mol. The molecule has 3 N–H and O–H groups in total. The first-order valence-electron chi connectivity index (χ1n) is 8.24. The Bertz CT molecular complexity index is 334. The van der Waals surface area contributed by atoms with Crippen molar-refractivity contribution >= 4 is 5.91 Å². The fourth-order valence-corrected chi connectivity index (χ4v) is 3.92. The van der Waals surface area contributed by atoms with E-state index >= 15 is 0 Å². The molecule has 0 radical (unpaired) electrons. The summed E-state index contributed by atoms with van der Waals surface area (Å²) in [5, 5.41) is 3.15. The van der Waals surface area contributed by atoms with Gasteiger partial charge in [-0.05, 0) is 45.1 Å². The number of nitrogens with two attached hydrogens (primary N) is 1. The lowest BCUT2D eigenvalue weighted by molar-refractivity contribution is -0.130. The van der Waals surface area contributed by atoms with Gasteiger partial charge in [-0.25, -0.2) is 0 Å². The molecule has 2 aliphatic rings. The van der Waals surface area contributed by atoms with Crippen molar-refractivity contribution < 1.29 is 9.53 Å². The van der Waals surface area contributed by atoms with Gasteiger partial charge in [-0.15, -0.1) is 0 Å². The number of nitrogens with one attached hydrogen (secondary N) is 1. The molecule has 0 aromatic heterocycles. The molecule has 2 aliphatic carbocycles. The fraction of sp³-hybridized carbons (Fsp3) is 0.938. The Morgan fingerprint density at radius 1 is 1.30 bits per heavy atom. The number of amides is 1. The van der Waals surface area contributed by atoms with E-state index in [2.05, 4.69) is 12.2 Å². The van der Waals surface area contributed by atoms with Crippen LogP contribution < -0.4 is 11.1 Å². The smallest absolute Gasteiger partial charge is 0.237 e. The van der Waals surface area contributed by atoms with Crippen LogP contribution in [0.5, 0.6) is 0 Å². The van der Waals surface area contributed by atoms with Crippen LogP contribution in [-0.2, 0) is 9.53 Å². The van der Waals surface area contributed by atoms with E-state index in [1.807, 2.05) is 7.05 Å². The first kappa shape index (κ1) is 15.8. The van der Waals surface area contributed by atoms with Gasteiger partial charge in [0, 0.05) is 6.42 Å². The van der Waals surface area contributed by atoms with Crippen molar-refractivity contribution in [1.29, 1.82) is 0 Å². The highest BCUT2D eigenvalue weighted by Crippen LogP contribution is 2.34. The number of primary amides is 1. The van der Waals surface area contributed by atoms with E-state index in [1.54, 1.807) is 0 Å². The van der Waals surface area contributed by atoms with Crippen molar-refractivity contribution in [2.45, 2.75) is 82.5 Å². The number of ether oxygens (including phenoxy) is 1. The molecule has 4 nitrogen and oxygen atoms in total. The van der Waals surface area contributed by atoms with Crippen LogP contribution in [0.3, 0.4) is 0 Å². The second-order valence-corrected chi connectivity index (χ2v) is 6.61. The summed E-state index contributed by atoms with van der Waals surface area (Å²) in [7, 11) is 1.83. The summed E-state index contributed by atoms with van der Waals surface area (Å²) in [5.41, 5.74) is 5.04. The zero-order chi connectivity index (χ0) is 14.6. The summed E-state index contributed by atoms with van der Waals surface area (Å²) >= 11 is 0. The number of carbonyl (C=O) groups excluding carboxylic acids is 1. The lowest BCUT2D eigenvalue weighted by Crippen LogP contribution is -2.58. The predicted octanol–water partition coefficient (Wildman–Crippen LogP) is 2.36. The molecule has 2 fully saturated rings. The van der Waals surface area contributed by atoms with Crippen LogP contribution >= 0.6 is 0 Å². The van der Waals surface area contributed by atoms with E-state index in [0.717, 1.165) is 31.6 Å². The van der Waals surface area contributed by atoms with Crippen LogP contribution in [0.1, 0.15) is 64.7 Å². The maximum absolute atomic E-state index is 11.7. The van der Waals surface area contributed by atoms with Gasteiger partial charge < -0.3 is 15.8 Å². The standard InChI is InChI=1S/C16H30N2O2/c1-3-12-6-4-7-13(10-12)20-14-8-5-9-16(11-14,18-2)15(17)19/h12-14,18H,3-11H2,1-2H3,(H2,17,19). The van der Waals surface area contributed by atoms with Crippen LogP contribution in [0.4, 0.5) is 0 Å². The van der Waals surface area contributed by atoms with E-state index in [1.165, 1.54) is 32.1 Å². The van der Waals surface area contributed by atoms with Gasteiger partial charge in [0.1, 0.15) is 0 Å². The van der Waals surface area contributed by atoms with Gasteiger partial charge >= 0.3 is 0 Å². The molecule has 2 rings (SSSR count). The van der Waals surface area contributed by atoms with Crippen molar-refractivity contribution in [2.75, 3.05) is 7.05 Å². The minimum Gasteiger partial charge on any atom is -0.375 e. The molecule has 0 aromatic carbocycles. The summed E-state index contributed by atoms with van der Waals surface area (Å²) in [5.74, 6) is 0.589. The van der Waals surface area contributed by atoms with Crippen LogP contribution in [0.15, 0.2) is 0 Å². The molecule has 4 unspecified atom stereocenters. The highest BCUT2D eigenvalue weighted by atomic mass is 16.5. The summed E-state index contributed by atoms with van der Waals surface area (Å²) in [4.78, 5) is 11.7. The summed E-state index contributed by atoms with van der Waals surface area (Å²) < 4.78 is 6.32. The second-order valence-electron chi connectivity index (χ2n) is 6.61. The third-order valence-electron chi connectivity index (χ3n) is 5.35. The highest BCUT2D eigenvalue weighted by Gasteiger charge is 2.41. The fourth-order valence-electron chi connectivity index (χ4n) is 3.92. The Kier molecular flexibility index (Phi) is 5.44. The van der Waals surface area contributed by atoms with E-state index < -0.39 is 5.54 Å². The van der Waals surface area contributed by atoms with Crippen molar-refractivity contribution in [1.82, 2.24) is 5.32 Å². The summed E-state index contributed by atoms with van der Waals surface area (Å²) in [6, 6.07) is 0. The molecule has 0 spiro atoms. The van der Waals surface area contributed by atoms with Crippen LogP contribution in [0.2, 0.25) is 0 Å². The predicted molar refractivity (Wildman–Crippen MR) is 80.4 cm³/mol. The van der Waals surface area contributed by atoms with Gasteiger partial charge in [0.2, 0.25) is 5.91 Å². The molecular formula is C16H30N2O2. The third-order valence-corrected chi connectivity index (χ3v) is 5.35. The van der Waals surface area contributed by atoms with Gasteiger partial charge in [-0.3, -0.25) is 4.79 Å². The Morgan fingerprint density at radius 3 is 2.70 bits per heavy atom. The van der Waals surface area contributed by atoms with Crippen LogP contribution in [0, 0.1) is 5.92 Å². The number of carbonyl (C=O) groups is 1. The highest BCUT2D eigenvalue weighted by molar-refractivity contribution is 5.84.